The van der Waals surface area contributed by atoms with Gasteiger partial charge in [-0.3, -0.25) is 4.79 Å². The Morgan fingerprint density at radius 2 is 1.57 bits per heavy atom. The van der Waals surface area contributed by atoms with E-state index >= 15 is 0 Å². The fourth-order valence-corrected chi connectivity index (χ4v) is 5.95. The number of carbonyl (C=O) groups is 3. The molecule has 0 aromatic heterocycles. The van der Waals surface area contributed by atoms with Crippen LogP contribution in [-0.2, 0) is 14.4 Å². The minimum atomic E-state index is -1.47. The third-order valence-electron chi connectivity index (χ3n) is 5.47. The molecular formula is C16H21NO5S-2. The number of thioether (sulfide) groups is 1. The van der Waals surface area contributed by atoms with E-state index in [1.807, 2.05) is 0 Å². The number of nitrogens with one attached hydrogen (secondary N) is 1. The van der Waals surface area contributed by atoms with E-state index in [0.29, 0.717) is 17.8 Å². The average Bonchev–Trinajstić information content (AvgIpc) is 2.40. The lowest BCUT2D eigenvalue weighted by Crippen LogP contribution is -2.60. The van der Waals surface area contributed by atoms with Crippen molar-refractivity contribution in [1.29, 1.82) is 0 Å². The Hall–Kier alpha value is -1.24. The molecule has 0 aliphatic heterocycles. The maximum absolute atomic E-state index is 12.2. The molecule has 7 heteroatoms. The molecule has 4 fully saturated rings. The highest BCUT2D eigenvalue weighted by Crippen LogP contribution is 2.55. The van der Waals surface area contributed by atoms with E-state index in [1.165, 1.54) is 19.3 Å². The van der Waals surface area contributed by atoms with Crippen molar-refractivity contribution in [2.45, 2.75) is 55.7 Å². The number of hydrogen-bond donors (Lipinski definition) is 1. The molecule has 23 heavy (non-hydrogen) atoms. The molecule has 1 N–H and O–H groups in total. The smallest absolute Gasteiger partial charge is 0.230 e. The van der Waals surface area contributed by atoms with Gasteiger partial charge in [0.1, 0.15) is 0 Å². The highest BCUT2D eigenvalue weighted by molar-refractivity contribution is 8.01. The molecule has 4 rings (SSSR count). The van der Waals surface area contributed by atoms with Crippen LogP contribution in [0.1, 0.15) is 44.9 Å². The van der Waals surface area contributed by atoms with Crippen LogP contribution in [0.3, 0.4) is 0 Å². The van der Waals surface area contributed by atoms with Crippen LogP contribution in [0.25, 0.3) is 0 Å². The van der Waals surface area contributed by atoms with Crippen molar-refractivity contribution in [3.8, 4) is 0 Å². The number of rotatable bonds is 7. The van der Waals surface area contributed by atoms with Crippen molar-refractivity contribution < 1.29 is 24.6 Å². The molecule has 1 amide bonds. The first-order valence-electron chi connectivity index (χ1n) is 8.18. The monoisotopic (exact) mass is 339 g/mol. The topological polar surface area (TPSA) is 109 Å². The predicted octanol–water partition coefficient (Wildman–Crippen LogP) is -0.937. The number of hydrogen-bond acceptors (Lipinski definition) is 6. The number of aliphatic carboxylic acids is 2. The highest BCUT2D eigenvalue weighted by Gasteiger charge is 2.51. The summed E-state index contributed by atoms with van der Waals surface area (Å²) in [5, 5.41) is 23.3. The van der Waals surface area contributed by atoms with Crippen LogP contribution in [0.4, 0.5) is 0 Å². The molecule has 4 aliphatic rings. The van der Waals surface area contributed by atoms with E-state index in [0.717, 1.165) is 31.0 Å². The molecule has 0 spiro atoms. The Kier molecular flexibility index (Phi) is 4.58. The number of carbonyl (C=O) groups excluding carboxylic acids is 3. The third kappa shape index (κ3) is 3.82. The summed E-state index contributed by atoms with van der Waals surface area (Å²) in [5.41, 5.74) is -0.113. The predicted molar refractivity (Wildman–Crippen MR) is 79.9 cm³/mol. The lowest BCUT2D eigenvalue weighted by atomic mass is 9.53. The van der Waals surface area contributed by atoms with Gasteiger partial charge in [-0.25, -0.2) is 0 Å². The van der Waals surface area contributed by atoms with E-state index in [1.54, 1.807) is 0 Å². The van der Waals surface area contributed by atoms with Gasteiger partial charge in [0.05, 0.1) is 17.0 Å². The average molecular weight is 339 g/mol. The molecule has 6 nitrogen and oxygen atoms in total. The summed E-state index contributed by atoms with van der Waals surface area (Å²) < 4.78 is 0. The van der Waals surface area contributed by atoms with Crippen LogP contribution < -0.4 is 15.5 Å². The Morgan fingerprint density at radius 1 is 1.04 bits per heavy atom. The van der Waals surface area contributed by atoms with Crippen molar-refractivity contribution in [3.05, 3.63) is 0 Å². The van der Waals surface area contributed by atoms with Crippen LogP contribution in [0.15, 0.2) is 0 Å². The normalized spacial score (nSPS) is 35.7. The molecule has 0 aromatic rings. The van der Waals surface area contributed by atoms with Gasteiger partial charge in [0.2, 0.25) is 5.91 Å². The molecule has 1 atom stereocenters. The summed E-state index contributed by atoms with van der Waals surface area (Å²) in [4.78, 5) is 33.7. The minimum Gasteiger partial charge on any atom is -0.550 e. The van der Waals surface area contributed by atoms with Gasteiger partial charge in [0.25, 0.3) is 0 Å². The van der Waals surface area contributed by atoms with Crippen LogP contribution in [0, 0.1) is 17.8 Å². The number of carboxylic acid groups (broad SMARTS) is 2. The van der Waals surface area contributed by atoms with Crippen molar-refractivity contribution in [3.63, 3.8) is 0 Å². The van der Waals surface area contributed by atoms with Crippen LogP contribution >= 0.6 is 11.8 Å². The van der Waals surface area contributed by atoms with E-state index in [9.17, 15) is 24.6 Å². The van der Waals surface area contributed by atoms with Gasteiger partial charge in [-0.2, -0.15) is 0 Å². The molecule has 4 aliphatic carbocycles. The van der Waals surface area contributed by atoms with Gasteiger partial charge in [-0.15, -0.1) is 11.8 Å². The third-order valence-corrected chi connectivity index (χ3v) is 6.66. The quantitative estimate of drug-likeness (QED) is 0.641. The van der Waals surface area contributed by atoms with E-state index in [4.69, 9.17) is 0 Å². The zero-order chi connectivity index (χ0) is 16.6. The minimum absolute atomic E-state index is 0.0618. The highest BCUT2D eigenvalue weighted by atomic mass is 32.2. The fourth-order valence-electron chi connectivity index (χ4n) is 5.13. The van der Waals surface area contributed by atoms with Gasteiger partial charge in [0.15, 0.2) is 0 Å². The van der Waals surface area contributed by atoms with E-state index in [2.05, 4.69) is 5.32 Å². The number of amides is 1. The van der Waals surface area contributed by atoms with Crippen LogP contribution in [-0.4, -0.2) is 34.4 Å². The summed E-state index contributed by atoms with van der Waals surface area (Å²) in [6.07, 6.45) is 6.28. The van der Waals surface area contributed by atoms with Crippen molar-refractivity contribution >= 4 is 29.6 Å². The summed E-state index contributed by atoms with van der Waals surface area (Å²) in [5.74, 6) is -1.06. The molecule has 128 valence electrons. The van der Waals surface area contributed by atoms with Gasteiger partial charge in [0, 0.05) is 17.9 Å². The molecule has 0 heterocycles. The Bertz CT molecular complexity index is 485. The second-order valence-electron chi connectivity index (χ2n) is 7.44. The summed E-state index contributed by atoms with van der Waals surface area (Å²) in [6, 6.07) is 0. The van der Waals surface area contributed by atoms with Gasteiger partial charge >= 0.3 is 0 Å². The summed E-state index contributed by atoms with van der Waals surface area (Å²) >= 11 is 0.800. The lowest BCUT2D eigenvalue weighted by Gasteiger charge is -2.56. The Morgan fingerprint density at radius 3 is 2.00 bits per heavy atom. The molecule has 4 saturated carbocycles. The molecule has 0 radical (unpaired) electrons. The number of carboxylic acids is 2. The second kappa shape index (κ2) is 6.34. The summed E-state index contributed by atoms with van der Waals surface area (Å²) in [7, 11) is 0. The first kappa shape index (κ1) is 16.6. The maximum atomic E-state index is 12.2. The summed E-state index contributed by atoms with van der Waals surface area (Å²) in [6.45, 7) is 0. The van der Waals surface area contributed by atoms with Gasteiger partial charge in [-0.05, 0) is 56.3 Å². The van der Waals surface area contributed by atoms with Crippen LogP contribution in [0.5, 0.6) is 0 Å². The van der Waals surface area contributed by atoms with Gasteiger partial charge < -0.3 is 25.1 Å². The maximum Gasteiger partial charge on any atom is 0.230 e. The zero-order valence-corrected chi connectivity index (χ0v) is 13.7. The van der Waals surface area contributed by atoms with Crippen molar-refractivity contribution in [2.75, 3.05) is 5.75 Å². The first-order chi connectivity index (χ1) is 10.8. The van der Waals surface area contributed by atoms with Crippen molar-refractivity contribution in [1.82, 2.24) is 5.32 Å². The molecule has 4 bridgehead atoms. The molecule has 0 unspecified atom stereocenters. The van der Waals surface area contributed by atoms with E-state index < -0.39 is 23.6 Å². The van der Waals surface area contributed by atoms with Crippen molar-refractivity contribution in [2.24, 2.45) is 17.8 Å². The zero-order valence-electron chi connectivity index (χ0n) is 12.9. The molecular weight excluding hydrogens is 318 g/mol. The lowest BCUT2D eigenvalue weighted by molar-refractivity contribution is -0.314. The fraction of sp³-hybridized carbons (Fsp3) is 0.812. The Balaban J connectivity index is 1.53. The first-order valence-corrected chi connectivity index (χ1v) is 9.23. The van der Waals surface area contributed by atoms with E-state index in [-0.39, 0.29) is 17.2 Å². The Labute approximate surface area is 139 Å². The van der Waals surface area contributed by atoms with Gasteiger partial charge in [-0.1, -0.05) is 0 Å². The molecule has 0 aromatic carbocycles. The molecule has 0 saturated heterocycles. The second-order valence-corrected chi connectivity index (χ2v) is 8.63. The van der Waals surface area contributed by atoms with Crippen LogP contribution in [0.2, 0.25) is 0 Å². The standard InChI is InChI=1S/C16H23NO5S/c18-13(8-23-12(15(21)22)4-14(19)20)17-16-5-9-1-10(6-16)3-11(2-9)7-16/h9-12H,1-8H2,(H,17,18)(H,19,20)(H,21,22)/p-2/t9?,10?,11?,12-,16?/m1/s1. The SMILES string of the molecule is O=C([O-])C[C@@H](SCC(=O)NC12CC3CC(CC(C3)C1)C2)C(=O)[O-]. The largest absolute Gasteiger partial charge is 0.550 e.